The highest BCUT2D eigenvalue weighted by atomic mass is 16.5. The lowest BCUT2D eigenvalue weighted by molar-refractivity contribution is 0.127. The summed E-state index contributed by atoms with van der Waals surface area (Å²) in [6, 6.07) is 0.616. The normalized spacial score (nSPS) is 29.8. The van der Waals surface area contributed by atoms with Crippen molar-refractivity contribution in [3.8, 4) is 0 Å². The molecule has 2 fully saturated rings. The molecule has 0 aromatic carbocycles. The summed E-state index contributed by atoms with van der Waals surface area (Å²) in [4.78, 5) is 2.68. The van der Waals surface area contributed by atoms with Crippen LogP contribution in [0.15, 0.2) is 0 Å². The minimum absolute atomic E-state index is 0.394. The fourth-order valence-electron chi connectivity index (χ4n) is 3.32. The van der Waals surface area contributed by atoms with Crippen molar-refractivity contribution in [3.05, 3.63) is 0 Å². The van der Waals surface area contributed by atoms with Crippen molar-refractivity contribution < 1.29 is 4.74 Å². The Bertz CT molecular complexity index is 249. The van der Waals surface area contributed by atoms with Crippen LogP contribution in [-0.2, 0) is 4.74 Å². The zero-order chi connectivity index (χ0) is 13.0. The van der Waals surface area contributed by atoms with Crippen LogP contribution in [0.2, 0.25) is 0 Å². The molecule has 0 bridgehead atoms. The van der Waals surface area contributed by atoms with Gasteiger partial charge in [-0.2, -0.15) is 0 Å². The summed E-state index contributed by atoms with van der Waals surface area (Å²) in [7, 11) is 0. The first-order chi connectivity index (χ1) is 8.63. The second-order valence-electron chi connectivity index (χ2n) is 6.55. The van der Waals surface area contributed by atoms with Crippen LogP contribution in [0.1, 0.15) is 46.5 Å². The molecule has 2 rings (SSSR count). The van der Waals surface area contributed by atoms with E-state index in [0.29, 0.717) is 17.5 Å². The predicted octanol–water partition coefficient (Wildman–Crippen LogP) is 2.27. The third kappa shape index (κ3) is 3.46. The van der Waals surface area contributed by atoms with Crippen molar-refractivity contribution in [3.63, 3.8) is 0 Å². The van der Waals surface area contributed by atoms with E-state index in [1.54, 1.807) is 0 Å². The second-order valence-corrected chi connectivity index (χ2v) is 6.55. The van der Waals surface area contributed by atoms with Gasteiger partial charge < -0.3 is 10.1 Å². The molecule has 0 aromatic rings. The van der Waals surface area contributed by atoms with Gasteiger partial charge >= 0.3 is 0 Å². The molecule has 0 spiro atoms. The van der Waals surface area contributed by atoms with E-state index in [0.717, 1.165) is 19.8 Å². The molecule has 106 valence electrons. The van der Waals surface area contributed by atoms with Gasteiger partial charge in [-0.15, -0.1) is 0 Å². The van der Waals surface area contributed by atoms with E-state index >= 15 is 0 Å². The fourth-order valence-corrected chi connectivity index (χ4v) is 3.32. The number of ether oxygens (including phenoxy) is 1. The summed E-state index contributed by atoms with van der Waals surface area (Å²) >= 11 is 0. The molecule has 2 unspecified atom stereocenters. The maximum absolute atomic E-state index is 5.58. The quantitative estimate of drug-likeness (QED) is 0.787. The summed E-state index contributed by atoms with van der Waals surface area (Å²) in [5, 5.41) is 3.75. The topological polar surface area (TPSA) is 24.5 Å². The lowest BCUT2D eigenvalue weighted by Gasteiger charge is -2.36. The Morgan fingerprint density at radius 3 is 2.83 bits per heavy atom. The number of nitrogens with one attached hydrogen (secondary N) is 1. The molecule has 2 atom stereocenters. The van der Waals surface area contributed by atoms with Gasteiger partial charge in [0.1, 0.15) is 0 Å². The summed E-state index contributed by atoms with van der Waals surface area (Å²) in [6.07, 6.45) is 5.15. The Labute approximate surface area is 112 Å². The molecule has 0 saturated carbocycles. The van der Waals surface area contributed by atoms with Crippen LogP contribution in [0, 0.1) is 5.92 Å². The maximum Gasteiger partial charge on any atom is 0.0510 e. The number of hydrogen-bond acceptors (Lipinski definition) is 3. The van der Waals surface area contributed by atoms with Crippen molar-refractivity contribution in [2.75, 3.05) is 32.8 Å². The van der Waals surface area contributed by atoms with E-state index in [9.17, 15) is 0 Å². The molecule has 0 aliphatic carbocycles. The Morgan fingerprint density at radius 2 is 2.28 bits per heavy atom. The third-order valence-electron chi connectivity index (χ3n) is 4.68. The van der Waals surface area contributed by atoms with Gasteiger partial charge in [0.25, 0.3) is 0 Å². The van der Waals surface area contributed by atoms with Gasteiger partial charge in [0, 0.05) is 30.7 Å². The molecular weight excluding hydrogens is 224 g/mol. The van der Waals surface area contributed by atoms with E-state index in [1.807, 2.05) is 0 Å². The molecule has 3 nitrogen and oxygen atoms in total. The number of nitrogens with zero attached hydrogens (tertiary/aromatic N) is 1. The van der Waals surface area contributed by atoms with Gasteiger partial charge in [-0.3, -0.25) is 4.90 Å². The van der Waals surface area contributed by atoms with Crippen molar-refractivity contribution in [1.82, 2.24) is 10.2 Å². The van der Waals surface area contributed by atoms with Crippen molar-refractivity contribution in [2.45, 2.75) is 58.0 Å². The first-order valence-electron chi connectivity index (χ1n) is 7.69. The highest BCUT2D eigenvalue weighted by Crippen LogP contribution is 2.29. The lowest BCUT2D eigenvalue weighted by atomic mass is 9.96. The van der Waals surface area contributed by atoms with E-state index in [2.05, 4.69) is 31.0 Å². The van der Waals surface area contributed by atoms with Crippen LogP contribution >= 0.6 is 0 Å². The summed E-state index contributed by atoms with van der Waals surface area (Å²) < 4.78 is 5.58. The molecule has 2 aliphatic heterocycles. The monoisotopic (exact) mass is 254 g/mol. The van der Waals surface area contributed by atoms with E-state index in [4.69, 9.17) is 4.74 Å². The Balaban J connectivity index is 1.91. The Morgan fingerprint density at radius 1 is 1.44 bits per heavy atom. The highest BCUT2D eigenvalue weighted by Gasteiger charge is 2.35. The average molecular weight is 254 g/mol. The minimum Gasteiger partial charge on any atom is -0.381 e. The molecule has 1 N–H and O–H groups in total. The summed E-state index contributed by atoms with van der Waals surface area (Å²) in [5.41, 5.74) is 0.394. The van der Waals surface area contributed by atoms with Gasteiger partial charge in [0.05, 0.1) is 6.61 Å². The Kier molecular flexibility index (Phi) is 5.05. The lowest BCUT2D eigenvalue weighted by Crippen LogP contribution is -2.50. The Hall–Kier alpha value is -0.120. The SMILES string of the molecule is CCCNC(CN1CCCC1(C)C)C1CCOC1. The molecular formula is C15H30N2O. The fraction of sp³-hybridized carbons (Fsp3) is 1.00. The predicted molar refractivity (Wildman–Crippen MR) is 75.9 cm³/mol. The van der Waals surface area contributed by atoms with Gasteiger partial charge in [-0.25, -0.2) is 0 Å². The van der Waals surface area contributed by atoms with E-state index < -0.39 is 0 Å². The zero-order valence-electron chi connectivity index (χ0n) is 12.4. The number of rotatable bonds is 6. The second kappa shape index (κ2) is 6.36. The highest BCUT2D eigenvalue weighted by molar-refractivity contribution is 4.92. The maximum atomic E-state index is 5.58. The molecule has 2 saturated heterocycles. The van der Waals surface area contributed by atoms with Crippen molar-refractivity contribution >= 4 is 0 Å². The molecule has 0 radical (unpaired) electrons. The van der Waals surface area contributed by atoms with Crippen LogP contribution in [0.3, 0.4) is 0 Å². The van der Waals surface area contributed by atoms with Crippen LogP contribution in [0.5, 0.6) is 0 Å². The third-order valence-corrected chi connectivity index (χ3v) is 4.68. The molecule has 2 heterocycles. The van der Waals surface area contributed by atoms with Crippen molar-refractivity contribution in [1.29, 1.82) is 0 Å². The molecule has 3 heteroatoms. The standard InChI is InChI=1S/C15H30N2O/c1-4-8-16-14(13-6-10-18-12-13)11-17-9-5-7-15(17,2)3/h13-14,16H,4-12H2,1-3H3. The van der Waals surface area contributed by atoms with Crippen LogP contribution in [0.4, 0.5) is 0 Å². The molecule has 0 aromatic heterocycles. The van der Waals surface area contributed by atoms with Crippen LogP contribution in [-0.4, -0.2) is 49.3 Å². The van der Waals surface area contributed by atoms with Gasteiger partial charge in [0.15, 0.2) is 0 Å². The van der Waals surface area contributed by atoms with Gasteiger partial charge in [0.2, 0.25) is 0 Å². The molecule has 18 heavy (non-hydrogen) atoms. The molecule has 2 aliphatic rings. The zero-order valence-corrected chi connectivity index (χ0v) is 12.4. The van der Waals surface area contributed by atoms with Crippen molar-refractivity contribution in [2.24, 2.45) is 5.92 Å². The molecule has 0 amide bonds. The van der Waals surface area contributed by atoms with Crippen LogP contribution < -0.4 is 5.32 Å². The first-order valence-corrected chi connectivity index (χ1v) is 7.69. The average Bonchev–Trinajstić information content (AvgIpc) is 2.94. The largest absolute Gasteiger partial charge is 0.381 e. The summed E-state index contributed by atoms with van der Waals surface area (Å²) in [6.45, 7) is 12.5. The first kappa shape index (κ1) is 14.3. The van der Waals surface area contributed by atoms with E-state index in [-0.39, 0.29) is 0 Å². The number of hydrogen-bond donors (Lipinski definition) is 1. The van der Waals surface area contributed by atoms with Gasteiger partial charge in [-0.1, -0.05) is 6.92 Å². The number of likely N-dealkylation sites (tertiary alicyclic amines) is 1. The summed E-state index contributed by atoms with van der Waals surface area (Å²) in [5.74, 6) is 0.716. The minimum atomic E-state index is 0.394. The van der Waals surface area contributed by atoms with Gasteiger partial charge in [-0.05, 0) is 52.6 Å². The van der Waals surface area contributed by atoms with Crippen LogP contribution in [0.25, 0.3) is 0 Å². The smallest absolute Gasteiger partial charge is 0.0510 e. The van der Waals surface area contributed by atoms with E-state index in [1.165, 1.54) is 38.8 Å².